The lowest BCUT2D eigenvalue weighted by molar-refractivity contribution is -0.862. The first-order chi connectivity index (χ1) is 11.9. The minimum Gasteiger partial charge on any atom is -0.459 e. The number of hydrazine groups is 1. The molecule has 132 valence electrons. The Balaban J connectivity index is 1.70. The molecular formula is C16H18ClN4O4+. The number of halogens is 1. The Hall–Kier alpha value is -2.84. The number of rotatable bonds is 6. The van der Waals surface area contributed by atoms with Crippen LogP contribution in [0.4, 0.5) is 5.69 Å². The lowest BCUT2D eigenvalue weighted by Crippen LogP contribution is -3.11. The molecule has 1 heterocycles. The molecule has 0 aliphatic carbocycles. The van der Waals surface area contributed by atoms with E-state index in [9.17, 15) is 14.4 Å². The third-order valence-electron chi connectivity index (χ3n) is 3.11. The van der Waals surface area contributed by atoms with Crippen LogP contribution in [0, 0.1) is 0 Å². The highest BCUT2D eigenvalue weighted by molar-refractivity contribution is 6.30. The van der Waals surface area contributed by atoms with Gasteiger partial charge >= 0.3 is 5.91 Å². The van der Waals surface area contributed by atoms with Crippen molar-refractivity contribution in [3.63, 3.8) is 0 Å². The molecule has 2 aromatic rings. The number of hydrogen-bond donors (Lipinski definition) is 4. The second-order valence-corrected chi connectivity index (χ2v) is 5.78. The summed E-state index contributed by atoms with van der Waals surface area (Å²) in [5, 5.41) is 3.29. The first kappa shape index (κ1) is 18.5. The minimum atomic E-state index is -0.559. The maximum absolute atomic E-state index is 11.9. The molecule has 8 nitrogen and oxygen atoms in total. The van der Waals surface area contributed by atoms with Crippen LogP contribution in [0.5, 0.6) is 0 Å². The summed E-state index contributed by atoms with van der Waals surface area (Å²) in [6.07, 6.45) is 1.36. The summed E-state index contributed by atoms with van der Waals surface area (Å²) >= 11 is 5.78. The summed E-state index contributed by atoms with van der Waals surface area (Å²) in [5.74, 6) is -1.15. The molecule has 0 fully saturated rings. The Morgan fingerprint density at radius 1 is 1.04 bits per heavy atom. The zero-order chi connectivity index (χ0) is 18.2. The van der Waals surface area contributed by atoms with Crippen molar-refractivity contribution in [1.29, 1.82) is 0 Å². The van der Waals surface area contributed by atoms with Gasteiger partial charge < -0.3 is 14.6 Å². The Morgan fingerprint density at radius 3 is 2.36 bits per heavy atom. The van der Waals surface area contributed by atoms with E-state index in [-0.39, 0.29) is 24.8 Å². The number of quaternary nitrogens is 1. The molecule has 1 aromatic heterocycles. The predicted molar refractivity (Wildman–Crippen MR) is 91.0 cm³/mol. The molecule has 1 atom stereocenters. The van der Waals surface area contributed by atoms with Crippen LogP contribution in [0.2, 0.25) is 5.02 Å². The van der Waals surface area contributed by atoms with Crippen LogP contribution in [0.1, 0.15) is 10.6 Å². The third kappa shape index (κ3) is 6.28. The molecule has 0 spiro atoms. The van der Waals surface area contributed by atoms with Crippen molar-refractivity contribution in [2.75, 3.05) is 25.5 Å². The van der Waals surface area contributed by atoms with Gasteiger partial charge in [-0.1, -0.05) is 11.6 Å². The Morgan fingerprint density at radius 2 is 1.72 bits per heavy atom. The second-order valence-electron chi connectivity index (χ2n) is 5.35. The Kier molecular flexibility index (Phi) is 6.55. The summed E-state index contributed by atoms with van der Waals surface area (Å²) in [5.41, 5.74) is 5.12. The monoisotopic (exact) mass is 365 g/mol. The normalized spacial score (nSPS) is 11.4. The molecule has 0 saturated heterocycles. The summed E-state index contributed by atoms with van der Waals surface area (Å²) in [6, 6.07) is 9.75. The minimum absolute atomic E-state index is 0.00642. The summed E-state index contributed by atoms with van der Waals surface area (Å²) in [6.45, 7) is 0.0919. The fraction of sp³-hybridized carbons (Fsp3) is 0.188. The lowest BCUT2D eigenvalue weighted by atomic mass is 10.3. The summed E-state index contributed by atoms with van der Waals surface area (Å²) in [7, 11) is 1.69. The van der Waals surface area contributed by atoms with Gasteiger partial charge in [0.15, 0.2) is 18.8 Å². The van der Waals surface area contributed by atoms with E-state index in [4.69, 9.17) is 16.0 Å². The van der Waals surface area contributed by atoms with E-state index in [1.807, 2.05) is 0 Å². The molecule has 25 heavy (non-hydrogen) atoms. The zero-order valence-electron chi connectivity index (χ0n) is 13.5. The maximum atomic E-state index is 11.9. The van der Waals surface area contributed by atoms with Gasteiger partial charge in [0.25, 0.3) is 11.8 Å². The van der Waals surface area contributed by atoms with Crippen LogP contribution in [-0.4, -0.2) is 37.9 Å². The number of hydrogen-bond acceptors (Lipinski definition) is 4. The quantitative estimate of drug-likeness (QED) is 0.534. The van der Waals surface area contributed by atoms with E-state index >= 15 is 0 Å². The van der Waals surface area contributed by atoms with Gasteiger partial charge in [-0.25, -0.2) is 0 Å². The number of benzene rings is 1. The number of furan rings is 1. The molecule has 9 heteroatoms. The Labute approximate surface area is 149 Å². The number of carbonyl (C=O) groups is 3. The van der Waals surface area contributed by atoms with Gasteiger partial charge in [-0.05, 0) is 36.4 Å². The van der Waals surface area contributed by atoms with Crippen LogP contribution in [-0.2, 0) is 9.59 Å². The van der Waals surface area contributed by atoms with Crippen LogP contribution < -0.4 is 21.1 Å². The van der Waals surface area contributed by atoms with Crippen LogP contribution in [0.25, 0.3) is 0 Å². The largest absolute Gasteiger partial charge is 0.459 e. The van der Waals surface area contributed by atoms with Gasteiger partial charge in [0.05, 0.1) is 13.3 Å². The van der Waals surface area contributed by atoms with Crippen molar-refractivity contribution in [3.8, 4) is 0 Å². The molecule has 1 aromatic carbocycles. The number of carbonyl (C=O) groups excluding carboxylic acids is 3. The molecule has 0 aliphatic rings. The SMILES string of the molecule is C[NH+](CC(=O)NNC(=O)c1ccco1)CC(=O)Nc1ccc(Cl)cc1. The van der Waals surface area contributed by atoms with Crippen LogP contribution >= 0.6 is 11.6 Å². The number of nitrogens with one attached hydrogen (secondary N) is 4. The van der Waals surface area contributed by atoms with Gasteiger partial charge in [-0.3, -0.25) is 25.2 Å². The van der Waals surface area contributed by atoms with Crippen molar-refractivity contribution in [3.05, 3.63) is 53.4 Å². The molecular weight excluding hydrogens is 348 g/mol. The average molecular weight is 366 g/mol. The van der Waals surface area contributed by atoms with Crippen LogP contribution in [0.15, 0.2) is 47.1 Å². The van der Waals surface area contributed by atoms with E-state index in [2.05, 4.69) is 16.2 Å². The summed E-state index contributed by atoms with van der Waals surface area (Å²) < 4.78 is 4.90. The smallest absolute Gasteiger partial charge is 0.305 e. The standard InChI is InChI=1S/C16H17ClN4O4/c1-21(9-14(22)18-12-6-4-11(17)5-7-12)10-15(23)19-20-16(24)13-3-2-8-25-13/h2-8H,9-10H2,1H3,(H,18,22)(H,19,23)(H,20,24)/p+1. The first-order valence-electron chi connectivity index (χ1n) is 7.43. The molecule has 0 bridgehead atoms. The van der Waals surface area contributed by atoms with Crippen molar-refractivity contribution < 1.29 is 23.7 Å². The average Bonchev–Trinajstić information content (AvgIpc) is 3.09. The topological polar surface area (TPSA) is 105 Å². The van der Waals surface area contributed by atoms with Crippen molar-refractivity contribution in [2.45, 2.75) is 0 Å². The van der Waals surface area contributed by atoms with E-state index < -0.39 is 11.8 Å². The fourth-order valence-electron chi connectivity index (χ4n) is 1.99. The third-order valence-corrected chi connectivity index (χ3v) is 3.37. The molecule has 0 saturated carbocycles. The molecule has 0 radical (unpaired) electrons. The van der Waals surface area contributed by atoms with Gasteiger partial charge in [0.2, 0.25) is 0 Å². The van der Waals surface area contributed by atoms with E-state index in [0.29, 0.717) is 15.6 Å². The van der Waals surface area contributed by atoms with Gasteiger partial charge in [0.1, 0.15) is 0 Å². The maximum Gasteiger partial charge on any atom is 0.305 e. The highest BCUT2D eigenvalue weighted by Gasteiger charge is 2.15. The fourth-order valence-corrected chi connectivity index (χ4v) is 2.12. The van der Waals surface area contributed by atoms with Crippen molar-refractivity contribution in [1.82, 2.24) is 10.9 Å². The molecule has 0 aliphatic heterocycles. The van der Waals surface area contributed by atoms with Crippen molar-refractivity contribution >= 4 is 35.0 Å². The predicted octanol–water partition coefficient (Wildman–Crippen LogP) is -0.153. The number of likely N-dealkylation sites (N-methyl/N-ethyl adjacent to an activating group) is 1. The zero-order valence-corrected chi connectivity index (χ0v) is 14.2. The van der Waals surface area contributed by atoms with Crippen molar-refractivity contribution in [2.24, 2.45) is 0 Å². The van der Waals surface area contributed by atoms with Gasteiger partial charge in [-0.2, -0.15) is 0 Å². The molecule has 2 rings (SSSR count). The first-order valence-corrected chi connectivity index (χ1v) is 7.81. The van der Waals surface area contributed by atoms with Gasteiger partial charge in [-0.15, -0.1) is 0 Å². The van der Waals surface area contributed by atoms with E-state index in [0.717, 1.165) is 0 Å². The van der Waals surface area contributed by atoms with Gasteiger partial charge in [0, 0.05) is 10.7 Å². The Bertz CT molecular complexity index is 731. The molecule has 1 unspecified atom stereocenters. The highest BCUT2D eigenvalue weighted by Crippen LogP contribution is 2.12. The summed E-state index contributed by atoms with van der Waals surface area (Å²) in [4.78, 5) is 36.0. The molecule has 3 amide bonds. The van der Waals surface area contributed by atoms with E-state index in [1.165, 1.54) is 12.3 Å². The number of amides is 3. The highest BCUT2D eigenvalue weighted by atomic mass is 35.5. The number of anilines is 1. The van der Waals surface area contributed by atoms with E-state index in [1.54, 1.807) is 37.4 Å². The second kappa shape index (κ2) is 8.86. The lowest BCUT2D eigenvalue weighted by Gasteiger charge is -2.14. The van der Waals surface area contributed by atoms with Crippen LogP contribution in [0.3, 0.4) is 0 Å². The molecule has 4 N–H and O–H groups in total.